The minimum absolute atomic E-state index is 0.0567. The van der Waals surface area contributed by atoms with Crippen LogP contribution >= 0.6 is 0 Å². The molecule has 18 heavy (non-hydrogen) atoms. The predicted molar refractivity (Wildman–Crippen MR) is 74.7 cm³/mol. The molecule has 0 amide bonds. The lowest BCUT2D eigenvalue weighted by Crippen LogP contribution is -2.20. The van der Waals surface area contributed by atoms with Crippen LogP contribution in [0.1, 0.15) is 13.3 Å². The van der Waals surface area contributed by atoms with Gasteiger partial charge >= 0.3 is 0 Å². The van der Waals surface area contributed by atoms with Crippen molar-refractivity contribution in [2.45, 2.75) is 25.4 Å². The summed E-state index contributed by atoms with van der Waals surface area (Å²) in [6.45, 7) is 11.1. The molecule has 0 saturated carbocycles. The summed E-state index contributed by atoms with van der Waals surface area (Å²) in [5, 5.41) is 0. The predicted octanol–water partition coefficient (Wildman–Crippen LogP) is 1.84. The molecule has 0 fully saturated rings. The van der Waals surface area contributed by atoms with Gasteiger partial charge in [0.15, 0.2) is 0 Å². The Morgan fingerprint density at radius 2 is 2.44 bits per heavy atom. The largest absolute Gasteiger partial charge is 0.475 e. The second-order valence-corrected chi connectivity index (χ2v) is 4.30. The smallest absolute Gasteiger partial charge is 0.216 e. The highest BCUT2D eigenvalue weighted by Crippen LogP contribution is 2.12. The van der Waals surface area contributed by atoms with Gasteiger partial charge in [0.25, 0.3) is 0 Å². The molecule has 2 N–H and O–H groups in total. The van der Waals surface area contributed by atoms with Crippen LogP contribution in [-0.2, 0) is 9.47 Å². The lowest BCUT2D eigenvalue weighted by molar-refractivity contribution is 0.108. The van der Waals surface area contributed by atoms with E-state index in [2.05, 4.69) is 18.2 Å². The van der Waals surface area contributed by atoms with E-state index in [0.29, 0.717) is 25.7 Å². The molecular formula is C14H22N2O2. The molecule has 1 aliphatic rings. The van der Waals surface area contributed by atoms with Crippen molar-refractivity contribution in [3.8, 4) is 0 Å². The van der Waals surface area contributed by atoms with E-state index >= 15 is 0 Å². The van der Waals surface area contributed by atoms with Crippen LogP contribution in [0, 0.1) is 0 Å². The van der Waals surface area contributed by atoms with E-state index in [1.54, 1.807) is 12.2 Å². The molecule has 0 aromatic rings. The highest BCUT2D eigenvalue weighted by Gasteiger charge is 2.20. The molecule has 0 radical (unpaired) electrons. The quantitative estimate of drug-likeness (QED) is 0.528. The third kappa shape index (κ3) is 4.85. The summed E-state index contributed by atoms with van der Waals surface area (Å²) >= 11 is 0. The Balaban J connectivity index is 2.38. The van der Waals surface area contributed by atoms with Crippen LogP contribution in [0.5, 0.6) is 0 Å². The van der Waals surface area contributed by atoms with Gasteiger partial charge < -0.3 is 15.2 Å². The molecule has 0 saturated heterocycles. The van der Waals surface area contributed by atoms with Crippen molar-refractivity contribution in [3.05, 3.63) is 37.0 Å². The Hall–Kier alpha value is -1.39. The first kappa shape index (κ1) is 14.7. The molecule has 0 aliphatic carbocycles. The number of aliphatic imine (C=N–C) groups is 1. The van der Waals surface area contributed by atoms with Gasteiger partial charge in [-0.2, -0.15) is 0 Å². The third-order valence-electron chi connectivity index (χ3n) is 2.50. The van der Waals surface area contributed by atoms with Gasteiger partial charge in [-0.05, 0) is 13.3 Å². The fraction of sp³-hybridized carbons (Fsp3) is 0.500. The zero-order valence-corrected chi connectivity index (χ0v) is 11.0. The van der Waals surface area contributed by atoms with Gasteiger partial charge in [0.05, 0.1) is 6.61 Å². The van der Waals surface area contributed by atoms with Gasteiger partial charge in [-0.15, -0.1) is 0 Å². The zero-order chi connectivity index (χ0) is 13.4. The minimum Gasteiger partial charge on any atom is -0.475 e. The van der Waals surface area contributed by atoms with E-state index in [9.17, 15) is 0 Å². The Morgan fingerprint density at radius 3 is 3.06 bits per heavy atom. The summed E-state index contributed by atoms with van der Waals surface area (Å²) in [6.07, 6.45) is 6.08. The average molecular weight is 250 g/mol. The van der Waals surface area contributed by atoms with E-state index in [1.807, 2.05) is 13.0 Å². The summed E-state index contributed by atoms with van der Waals surface area (Å²) in [7, 11) is 0. The molecule has 2 atom stereocenters. The van der Waals surface area contributed by atoms with Crippen LogP contribution in [0.3, 0.4) is 0 Å². The summed E-state index contributed by atoms with van der Waals surface area (Å²) in [6, 6.07) is 0.230. The van der Waals surface area contributed by atoms with Crippen molar-refractivity contribution in [1.29, 1.82) is 0 Å². The van der Waals surface area contributed by atoms with E-state index < -0.39 is 0 Å². The standard InChI is InChI=1S/C14H22N2O2/c1-4-6-12(5-2)14-16-13(10-18-14)9-17-8-7-11(3)15/h4-6,11,13H,1-2,7-10,15H2,3H3/b12-6+. The van der Waals surface area contributed by atoms with Crippen molar-refractivity contribution in [2.24, 2.45) is 10.7 Å². The summed E-state index contributed by atoms with van der Waals surface area (Å²) in [4.78, 5) is 4.45. The van der Waals surface area contributed by atoms with E-state index in [4.69, 9.17) is 15.2 Å². The first-order chi connectivity index (χ1) is 8.67. The first-order valence-corrected chi connectivity index (χ1v) is 6.16. The molecule has 1 heterocycles. The van der Waals surface area contributed by atoms with Gasteiger partial charge in [-0.3, -0.25) is 0 Å². The van der Waals surface area contributed by atoms with Crippen molar-refractivity contribution >= 4 is 5.90 Å². The molecule has 0 aromatic carbocycles. The molecule has 0 bridgehead atoms. The number of ether oxygens (including phenoxy) is 2. The van der Waals surface area contributed by atoms with Crippen molar-refractivity contribution < 1.29 is 9.47 Å². The topological polar surface area (TPSA) is 56.8 Å². The van der Waals surface area contributed by atoms with Crippen LogP contribution in [0.15, 0.2) is 42.0 Å². The molecular weight excluding hydrogens is 228 g/mol. The Bertz CT molecular complexity index is 346. The molecule has 2 unspecified atom stereocenters. The fourth-order valence-electron chi connectivity index (χ4n) is 1.50. The van der Waals surface area contributed by atoms with E-state index in [1.165, 1.54) is 0 Å². The van der Waals surface area contributed by atoms with Gasteiger partial charge in [0.1, 0.15) is 12.6 Å². The molecule has 1 rings (SSSR count). The molecule has 0 aromatic heterocycles. The van der Waals surface area contributed by atoms with Crippen LogP contribution < -0.4 is 5.73 Å². The Morgan fingerprint density at radius 1 is 1.67 bits per heavy atom. The summed E-state index contributed by atoms with van der Waals surface area (Å²) in [5.41, 5.74) is 6.49. The fourth-order valence-corrected chi connectivity index (χ4v) is 1.50. The highest BCUT2D eigenvalue weighted by molar-refractivity contribution is 5.97. The molecule has 4 nitrogen and oxygen atoms in total. The number of nitrogens with zero attached hydrogens (tertiary/aromatic N) is 1. The average Bonchev–Trinajstić information content (AvgIpc) is 2.80. The SMILES string of the molecule is C=C/C=C(\C=C)C1=NC(COCCC(C)N)CO1. The van der Waals surface area contributed by atoms with Gasteiger partial charge in [-0.1, -0.05) is 31.4 Å². The van der Waals surface area contributed by atoms with E-state index in [0.717, 1.165) is 12.0 Å². The Kier molecular flexibility index (Phi) is 6.39. The van der Waals surface area contributed by atoms with Crippen LogP contribution in [0.4, 0.5) is 0 Å². The van der Waals surface area contributed by atoms with Crippen molar-refractivity contribution in [3.63, 3.8) is 0 Å². The summed E-state index contributed by atoms with van der Waals surface area (Å²) in [5.74, 6) is 0.616. The second kappa shape index (κ2) is 7.84. The first-order valence-electron chi connectivity index (χ1n) is 6.16. The maximum atomic E-state index is 5.64. The normalized spacial score (nSPS) is 21.1. The van der Waals surface area contributed by atoms with Crippen molar-refractivity contribution in [2.75, 3.05) is 19.8 Å². The lowest BCUT2D eigenvalue weighted by atomic mass is 10.2. The molecule has 100 valence electrons. The summed E-state index contributed by atoms with van der Waals surface area (Å²) < 4.78 is 11.0. The monoisotopic (exact) mass is 250 g/mol. The van der Waals surface area contributed by atoms with Gasteiger partial charge in [0.2, 0.25) is 5.90 Å². The molecule has 0 spiro atoms. The van der Waals surface area contributed by atoms with Crippen molar-refractivity contribution in [1.82, 2.24) is 0 Å². The number of nitrogens with two attached hydrogens (primary N) is 1. The van der Waals surface area contributed by atoms with Crippen LogP contribution in [0.2, 0.25) is 0 Å². The molecule has 4 heteroatoms. The maximum absolute atomic E-state index is 5.64. The maximum Gasteiger partial charge on any atom is 0.216 e. The van der Waals surface area contributed by atoms with Gasteiger partial charge in [-0.25, -0.2) is 4.99 Å². The third-order valence-corrected chi connectivity index (χ3v) is 2.50. The number of hydrogen-bond acceptors (Lipinski definition) is 4. The number of hydrogen-bond donors (Lipinski definition) is 1. The number of allylic oxidation sites excluding steroid dienone is 2. The highest BCUT2D eigenvalue weighted by atomic mass is 16.5. The molecule has 1 aliphatic heterocycles. The second-order valence-electron chi connectivity index (χ2n) is 4.30. The number of rotatable bonds is 8. The van der Waals surface area contributed by atoms with Gasteiger partial charge in [0, 0.05) is 18.2 Å². The zero-order valence-electron chi connectivity index (χ0n) is 11.0. The lowest BCUT2D eigenvalue weighted by Gasteiger charge is -2.08. The van der Waals surface area contributed by atoms with Crippen LogP contribution in [-0.4, -0.2) is 37.8 Å². The van der Waals surface area contributed by atoms with Crippen LogP contribution in [0.25, 0.3) is 0 Å². The Labute approximate surface area is 109 Å². The van der Waals surface area contributed by atoms with E-state index in [-0.39, 0.29) is 12.1 Å². The minimum atomic E-state index is 0.0567.